The molecular weight excluding hydrogens is 328 g/mol. The second-order valence-corrected chi connectivity index (χ2v) is 8.61. The average Bonchev–Trinajstić information content (AvgIpc) is 2.84. The molecule has 1 aliphatic heterocycles. The molecule has 0 aliphatic carbocycles. The summed E-state index contributed by atoms with van der Waals surface area (Å²) < 4.78 is 26.5. The van der Waals surface area contributed by atoms with E-state index in [9.17, 15) is 8.42 Å². The Morgan fingerprint density at radius 3 is 1.36 bits per heavy atom. The first-order valence-corrected chi connectivity index (χ1v) is 9.78. The van der Waals surface area contributed by atoms with Gasteiger partial charge in [0.1, 0.15) is 0 Å². The molecular formula is C22H16O2S. The molecule has 0 amide bonds. The van der Waals surface area contributed by atoms with E-state index in [1.165, 1.54) is 0 Å². The van der Waals surface area contributed by atoms with E-state index in [4.69, 9.17) is 0 Å². The molecule has 2 nitrogen and oxygen atoms in total. The van der Waals surface area contributed by atoms with Crippen LogP contribution < -0.4 is 0 Å². The third kappa shape index (κ3) is 1.76. The molecule has 1 heterocycles. The molecule has 5 rings (SSSR count). The van der Waals surface area contributed by atoms with Crippen molar-refractivity contribution in [2.24, 2.45) is 0 Å². The number of fused-ring (bicyclic) bond motifs is 7. The second kappa shape index (κ2) is 4.70. The maximum absolute atomic E-state index is 13.3. The third-order valence-corrected chi connectivity index (χ3v) is 7.06. The minimum absolute atomic E-state index is 0.439. The summed E-state index contributed by atoms with van der Waals surface area (Å²) in [4.78, 5) is 0.879. The van der Waals surface area contributed by atoms with Gasteiger partial charge in [0, 0.05) is 11.1 Å². The Kier molecular flexibility index (Phi) is 2.76. The van der Waals surface area contributed by atoms with Crippen LogP contribution in [0.15, 0.2) is 70.5 Å². The van der Waals surface area contributed by atoms with Gasteiger partial charge >= 0.3 is 0 Å². The first-order chi connectivity index (χ1) is 12.0. The Bertz CT molecular complexity index is 1220. The van der Waals surface area contributed by atoms with Crippen LogP contribution >= 0.6 is 0 Å². The Morgan fingerprint density at radius 1 is 0.600 bits per heavy atom. The highest BCUT2D eigenvalue weighted by molar-refractivity contribution is 7.92. The average molecular weight is 344 g/mol. The Morgan fingerprint density at radius 2 is 0.960 bits per heavy atom. The van der Waals surface area contributed by atoms with E-state index in [0.717, 1.165) is 43.8 Å². The number of sulfone groups is 1. The molecule has 1 aliphatic rings. The highest BCUT2D eigenvalue weighted by Gasteiger charge is 2.36. The zero-order valence-electron chi connectivity index (χ0n) is 14.0. The Balaban J connectivity index is 2.12. The lowest BCUT2D eigenvalue weighted by Crippen LogP contribution is -1.98. The zero-order valence-corrected chi connectivity index (χ0v) is 14.8. The van der Waals surface area contributed by atoms with Gasteiger partial charge < -0.3 is 0 Å². The van der Waals surface area contributed by atoms with Gasteiger partial charge in [0.05, 0.1) is 9.79 Å². The fraction of sp³-hybridized carbons (Fsp3) is 0.0909. The van der Waals surface area contributed by atoms with Crippen LogP contribution in [0.2, 0.25) is 0 Å². The Labute approximate surface area is 146 Å². The standard InChI is InChI=1S/C22H16O2S/c1-13-11-19-21(17-9-5-3-7-15(13)17)22-18-10-6-4-8-16(18)14(2)12-20(22)25(19,23)24/h3-12H,1-2H3. The monoisotopic (exact) mass is 344 g/mol. The fourth-order valence-electron chi connectivity index (χ4n) is 4.11. The van der Waals surface area contributed by atoms with Crippen molar-refractivity contribution in [2.45, 2.75) is 23.6 Å². The Hall–Kier alpha value is -2.65. The van der Waals surface area contributed by atoms with Crippen molar-refractivity contribution >= 4 is 31.4 Å². The minimum atomic E-state index is -3.49. The summed E-state index contributed by atoms with van der Waals surface area (Å²) in [6.45, 7) is 3.95. The first-order valence-electron chi connectivity index (χ1n) is 8.30. The summed E-state index contributed by atoms with van der Waals surface area (Å²) in [6.07, 6.45) is 0. The summed E-state index contributed by atoms with van der Waals surface area (Å²) in [5.41, 5.74) is 3.69. The maximum atomic E-state index is 13.3. The second-order valence-electron chi connectivity index (χ2n) is 6.73. The topological polar surface area (TPSA) is 34.1 Å². The van der Waals surface area contributed by atoms with Gasteiger partial charge in [0.25, 0.3) is 0 Å². The lowest BCUT2D eigenvalue weighted by molar-refractivity contribution is 0.598. The quantitative estimate of drug-likeness (QED) is 0.376. The molecule has 3 heteroatoms. The number of hydrogen-bond acceptors (Lipinski definition) is 2. The van der Waals surface area contributed by atoms with E-state index in [1.54, 1.807) is 0 Å². The van der Waals surface area contributed by atoms with Crippen molar-refractivity contribution in [2.75, 3.05) is 0 Å². The smallest absolute Gasteiger partial charge is 0.207 e. The number of aryl methyl sites for hydroxylation is 2. The molecule has 0 N–H and O–H groups in total. The molecule has 0 saturated heterocycles. The number of hydrogen-bond donors (Lipinski definition) is 0. The lowest BCUT2D eigenvalue weighted by atomic mass is 9.91. The van der Waals surface area contributed by atoms with Crippen molar-refractivity contribution < 1.29 is 8.42 Å². The van der Waals surface area contributed by atoms with Crippen molar-refractivity contribution in [3.8, 4) is 11.1 Å². The molecule has 0 fully saturated rings. The van der Waals surface area contributed by atoms with E-state index in [0.29, 0.717) is 9.79 Å². The van der Waals surface area contributed by atoms with Gasteiger partial charge in [-0.15, -0.1) is 0 Å². The summed E-state index contributed by atoms with van der Waals surface area (Å²) in [5.74, 6) is 0. The van der Waals surface area contributed by atoms with Crippen LogP contribution in [-0.4, -0.2) is 8.42 Å². The molecule has 4 aromatic rings. The molecule has 0 unspecified atom stereocenters. The molecule has 25 heavy (non-hydrogen) atoms. The van der Waals surface area contributed by atoms with Crippen LogP contribution in [0.1, 0.15) is 11.1 Å². The molecule has 0 atom stereocenters. The van der Waals surface area contributed by atoms with Crippen LogP contribution in [0, 0.1) is 13.8 Å². The summed E-state index contributed by atoms with van der Waals surface area (Å²) >= 11 is 0. The van der Waals surface area contributed by atoms with E-state index in [-0.39, 0.29) is 0 Å². The zero-order chi connectivity index (χ0) is 17.3. The highest BCUT2D eigenvalue weighted by atomic mass is 32.2. The van der Waals surface area contributed by atoms with Gasteiger partial charge in [0.2, 0.25) is 9.84 Å². The SMILES string of the molecule is Cc1cc2c(c3ccccc13)-c1c(cc(C)c3ccccc13)S2(=O)=O. The molecule has 0 bridgehead atoms. The largest absolute Gasteiger partial charge is 0.218 e. The van der Waals surface area contributed by atoms with E-state index >= 15 is 0 Å². The molecule has 0 aromatic heterocycles. The van der Waals surface area contributed by atoms with Gasteiger partial charge in [-0.3, -0.25) is 0 Å². The van der Waals surface area contributed by atoms with Crippen molar-refractivity contribution in [3.63, 3.8) is 0 Å². The van der Waals surface area contributed by atoms with Crippen LogP contribution in [0.3, 0.4) is 0 Å². The minimum Gasteiger partial charge on any atom is -0.218 e. The number of benzene rings is 4. The predicted molar refractivity (Wildman–Crippen MR) is 102 cm³/mol. The van der Waals surface area contributed by atoms with Crippen LogP contribution in [0.25, 0.3) is 32.7 Å². The molecule has 0 spiro atoms. The molecule has 0 saturated carbocycles. The highest BCUT2D eigenvalue weighted by Crippen LogP contribution is 2.50. The summed E-state index contributed by atoms with van der Waals surface area (Å²) in [6, 6.07) is 19.8. The van der Waals surface area contributed by atoms with Crippen LogP contribution in [0.5, 0.6) is 0 Å². The molecule has 4 aromatic carbocycles. The fourth-order valence-corrected chi connectivity index (χ4v) is 5.97. The van der Waals surface area contributed by atoms with Gasteiger partial charge in [0.15, 0.2) is 0 Å². The van der Waals surface area contributed by atoms with Gasteiger partial charge in [-0.2, -0.15) is 0 Å². The van der Waals surface area contributed by atoms with Gasteiger partial charge in [-0.1, -0.05) is 48.5 Å². The van der Waals surface area contributed by atoms with Gasteiger partial charge in [-0.05, 0) is 58.7 Å². The first kappa shape index (κ1) is 14.7. The van der Waals surface area contributed by atoms with Crippen molar-refractivity contribution in [1.29, 1.82) is 0 Å². The van der Waals surface area contributed by atoms with E-state index in [1.807, 2.05) is 62.4 Å². The van der Waals surface area contributed by atoms with Crippen molar-refractivity contribution in [3.05, 3.63) is 71.8 Å². The summed E-state index contributed by atoms with van der Waals surface area (Å²) in [5, 5.41) is 4.23. The number of rotatable bonds is 0. The predicted octanol–water partition coefficient (Wildman–Crippen LogP) is 5.42. The van der Waals surface area contributed by atoms with E-state index < -0.39 is 9.84 Å². The van der Waals surface area contributed by atoms with Crippen LogP contribution in [0.4, 0.5) is 0 Å². The van der Waals surface area contributed by atoms with Crippen LogP contribution in [-0.2, 0) is 9.84 Å². The van der Waals surface area contributed by atoms with E-state index in [2.05, 4.69) is 12.1 Å². The summed E-state index contributed by atoms with van der Waals surface area (Å²) in [7, 11) is -3.49. The van der Waals surface area contributed by atoms with Crippen molar-refractivity contribution in [1.82, 2.24) is 0 Å². The molecule has 122 valence electrons. The van der Waals surface area contributed by atoms with Gasteiger partial charge in [-0.25, -0.2) is 8.42 Å². The normalized spacial score (nSPS) is 14.6. The molecule has 0 radical (unpaired) electrons. The maximum Gasteiger partial charge on any atom is 0.207 e. The third-order valence-electron chi connectivity index (χ3n) is 5.26. The lowest BCUT2D eigenvalue weighted by Gasteiger charge is -2.11.